The summed E-state index contributed by atoms with van der Waals surface area (Å²) in [6.45, 7) is 0.827. The number of benzene rings is 1. The fourth-order valence-corrected chi connectivity index (χ4v) is 3.96. The van der Waals surface area contributed by atoms with Gasteiger partial charge in [-0.3, -0.25) is 0 Å². The van der Waals surface area contributed by atoms with Gasteiger partial charge in [0.05, 0.1) is 11.9 Å². The van der Waals surface area contributed by atoms with E-state index in [0.29, 0.717) is 23.4 Å². The molecule has 0 N–H and O–H groups in total. The number of ether oxygens (including phenoxy) is 1. The van der Waals surface area contributed by atoms with E-state index >= 15 is 0 Å². The first-order chi connectivity index (χ1) is 13.3. The zero-order valence-corrected chi connectivity index (χ0v) is 14.3. The van der Waals surface area contributed by atoms with Gasteiger partial charge in [-0.1, -0.05) is 27.8 Å². The van der Waals surface area contributed by atoms with Gasteiger partial charge in [0.1, 0.15) is 19.1 Å². The molecule has 0 bridgehead atoms. The van der Waals surface area contributed by atoms with Crippen LogP contribution in [0.1, 0.15) is 36.5 Å². The van der Waals surface area contributed by atoms with Crippen LogP contribution in [-0.2, 0) is 4.74 Å². The second kappa shape index (κ2) is 5.43. The van der Waals surface area contributed by atoms with Gasteiger partial charge < -0.3 is 14.2 Å². The van der Waals surface area contributed by atoms with Crippen LogP contribution in [0.25, 0.3) is 0 Å². The van der Waals surface area contributed by atoms with Crippen molar-refractivity contribution in [2.45, 2.75) is 25.1 Å². The molecule has 1 aromatic carbocycles. The number of halogens is 1. The Hall–Kier alpha value is -3.14. The number of para-hydroxylation sites is 1. The molecule has 0 amide bonds. The van der Waals surface area contributed by atoms with Crippen molar-refractivity contribution in [1.82, 2.24) is 20.3 Å². The molecule has 0 saturated carbocycles. The van der Waals surface area contributed by atoms with Crippen molar-refractivity contribution in [3.05, 3.63) is 47.7 Å². The number of hydrogen-bond donors (Lipinski definition) is 0. The lowest BCUT2D eigenvalue weighted by atomic mass is 10.1. The van der Waals surface area contributed by atoms with Crippen molar-refractivity contribution in [2.75, 3.05) is 23.2 Å². The minimum atomic E-state index is -0.312. The maximum atomic E-state index is 14.1. The number of fused-ring (bicyclic) bond motifs is 6. The summed E-state index contributed by atoms with van der Waals surface area (Å²) in [7, 11) is 0. The van der Waals surface area contributed by atoms with Crippen LogP contribution in [-0.4, -0.2) is 39.9 Å². The number of aliphatic imine (C=N–C) groups is 1. The molecule has 10 heteroatoms. The van der Waals surface area contributed by atoms with Crippen LogP contribution >= 0.6 is 0 Å². The Kier molecular flexibility index (Phi) is 3.01. The van der Waals surface area contributed by atoms with E-state index in [1.54, 1.807) is 11.3 Å². The van der Waals surface area contributed by atoms with Gasteiger partial charge >= 0.3 is 6.01 Å². The van der Waals surface area contributed by atoms with Crippen LogP contribution in [0.3, 0.4) is 0 Å². The quantitative estimate of drug-likeness (QED) is 0.748. The molecule has 2 atom stereocenters. The van der Waals surface area contributed by atoms with Crippen molar-refractivity contribution in [3.8, 4) is 0 Å². The maximum absolute atomic E-state index is 14.1. The van der Waals surface area contributed by atoms with Crippen LogP contribution in [0.4, 0.5) is 16.2 Å². The first kappa shape index (κ1) is 15.0. The summed E-state index contributed by atoms with van der Waals surface area (Å²) in [6, 6.07) is 8.14. The van der Waals surface area contributed by atoms with E-state index in [1.807, 2.05) is 34.2 Å². The zero-order chi connectivity index (χ0) is 18.0. The number of anilines is 2. The Bertz CT molecular complexity index is 954. The molecule has 27 heavy (non-hydrogen) atoms. The number of hydrogen-bond acceptors (Lipinski definition) is 9. The smallest absolute Gasteiger partial charge is 0.348 e. The highest BCUT2D eigenvalue weighted by molar-refractivity contribution is 5.79. The van der Waals surface area contributed by atoms with Crippen LogP contribution < -0.4 is 9.91 Å². The lowest BCUT2D eigenvalue weighted by molar-refractivity contribution is 0.103. The zero-order valence-electron chi connectivity index (χ0n) is 14.3. The number of rotatable bonds is 2. The topological polar surface area (TPSA) is 73.5 Å². The molecule has 5 heterocycles. The molecule has 0 aliphatic carbocycles. The summed E-state index contributed by atoms with van der Waals surface area (Å²) >= 11 is 0. The Morgan fingerprint density at radius 2 is 2.15 bits per heavy atom. The van der Waals surface area contributed by atoms with Crippen molar-refractivity contribution in [3.63, 3.8) is 0 Å². The van der Waals surface area contributed by atoms with Crippen molar-refractivity contribution >= 4 is 18.0 Å². The fraction of sp³-hybridized carbons (Fsp3) is 0.353. The minimum Gasteiger partial charge on any atom is -0.370 e. The summed E-state index contributed by atoms with van der Waals surface area (Å²) in [5.74, 6) is 1.19. The van der Waals surface area contributed by atoms with E-state index in [4.69, 9.17) is 9.26 Å². The average Bonchev–Trinajstić information content (AvgIpc) is 3.44. The molecule has 1 saturated heterocycles. The van der Waals surface area contributed by atoms with E-state index in [-0.39, 0.29) is 25.0 Å². The fourth-order valence-electron chi connectivity index (χ4n) is 3.96. The Labute approximate surface area is 153 Å². The molecular formula is C17H16FN7O2. The molecule has 6 rings (SSSR count). The van der Waals surface area contributed by atoms with Crippen LogP contribution in [0, 0.1) is 0 Å². The Morgan fingerprint density at radius 1 is 1.22 bits per heavy atom. The summed E-state index contributed by atoms with van der Waals surface area (Å²) in [6.07, 6.45) is 4.50. The van der Waals surface area contributed by atoms with E-state index in [2.05, 4.69) is 15.1 Å². The molecule has 0 spiro atoms. The normalized spacial score (nSPS) is 25.7. The lowest BCUT2D eigenvalue weighted by Crippen LogP contribution is -2.46. The molecule has 2 unspecified atom stereocenters. The van der Waals surface area contributed by atoms with Crippen molar-refractivity contribution in [1.29, 1.82) is 0 Å². The van der Waals surface area contributed by atoms with Gasteiger partial charge in [-0.05, 0) is 18.9 Å². The number of aromatic nitrogens is 2. The molecule has 0 radical (unpaired) electrons. The molecule has 1 aromatic heterocycles. The largest absolute Gasteiger partial charge is 0.370 e. The van der Waals surface area contributed by atoms with Gasteiger partial charge in [0.2, 0.25) is 5.82 Å². The summed E-state index contributed by atoms with van der Waals surface area (Å²) in [4.78, 5) is 11.0. The predicted molar refractivity (Wildman–Crippen MR) is 92.6 cm³/mol. The first-order valence-electron chi connectivity index (χ1n) is 8.87. The molecule has 4 aliphatic heterocycles. The SMILES string of the molecule is FN1C=C2N(C1)c1ccccc1C1N=CN(c3nc(C4CCCO4)no3)N21. The molecule has 9 nitrogen and oxygen atoms in total. The molecule has 4 aliphatic rings. The van der Waals surface area contributed by atoms with Gasteiger partial charge in [-0.2, -0.15) is 15.1 Å². The second-order valence-electron chi connectivity index (χ2n) is 6.78. The van der Waals surface area contributed by atoms with Gasteiger partial charge in [-0.25, -0.2) is 10.0 Å². The van der Waals surface area contributed by atoms with Gasteiger partial charge in [-0.15, -0.1) is 0 Å². The average molecular weight is 369 g/mol. The monoisotopic (exact) mass is 369 g/mol. The highest BCUT2D eigenvalue weighted by atomic mass is 19.2. The van der Waals surface area contributed by atoms with E-state index in [0.717, 1.165) is 24.1 Å². The van der Waals surface area contributed by atoms with Crippen LogP contribution in [0.15, 0.2) is 45.8 Å². The Balaban J connectivity index is 1.40. The maximum Gasteiger partial charge on any atom is 0.348 e. The lowest BCUT2D eigenvalue weighted by Gasteiger charge is -2.41. The van der Waals surface area contributed by atoms with E-state index in [1.165, 1.54) is 6.20 Å². The third-order valence-corrected chi connectivity index (χ3v) is 5.17. The molecular weight excluding hydrogens is 353 g/mol. The Morgan fingerprint density at radius 3 is 3.04 bits per heavy atom. The van der Waals surface area contributed by atoms with E-state index in [9.17, 15) is 4.48 Å². The van der Waals surface area contributed by atoms with Gasteiger partial charge in [0.15, 0.2) is 12.0 Å². The highest BCUT2D eigenvalue weighted by Crippen LogP contribution is 2.46. The first-order valence-corrected chi connectivity index (χ1v) is 8.87. The minimum absolute atomic E-state index is 0.119. The standard InChI is InChI=1S/C17H16FN7O2/c18-22-8-14-23(10-22)12-5-2-1-4-11(12)16-19-9-24(25(14)16)17-20-15(21-27-17)13-6-3-7-26-13/h1-2,4-5,8-9,13,16H,3,6-7,10H2. The molecule has 1 fully saturated rings. The molecule has 2 aromatic rings. The van der Waals surface area contributed by atoms with E-state index < -0.39 is 0 Å². The third-order valence-electron chi connectivity index (χ3n) is 5.17. The van der Waals surface area contributed by atoms with Crippen LogP contribution in [0.5, 0.6) is 0 Å². The van der Waals surface area contributed by atoms with Crippen LogP contribution in [0.2, 0.25) is 0 Å². The van der Waals surface area contributed by atoms with Gasteiger partial charge in [0, 0.05) is 12.2 Å². The van der Waals surface area contributed by atoms with Crippen molar-refractivity contribution < 1.29 is 13.7 Å². The summed E-state index contributed by atoms with van der Waals surface area (Å²) < 4.78 is 25.2. The number of nitrogens with zero attached hydrogens (tertiary/aromatic N) is 7. The summed E-state index contributed by atoms with van der Waals surface area (Å²) in [5.41, 5.74) is 1.93. The van der Waals surface area contributed by atoms with Crippen molar-refractivity contribution in [2.24, 2.45) is 4.99 Å². The number of hydrazine groups is 1. The third kappa shape index (κ3) is 2.10. The second-order valence-corrected chi connectivity index (χ2v) is 6.78. The predicted octanol–water partition coefficient (Wildman–Crippen LogP) is 2.46. The summed E-state index contributed by atoms with van der Waals surface area (Å²) in [5, 5.41) is 8.24. The van der Waals surface area contributed by atoms with Gasteiger partial charge in [0.25, 0.3) is 0 Å². The molecule has 138 valence electrons. The highest BCUT2D eigenvalue weighted by Gasteiger charge is 2.45.